The third-order valence-electron chi connectivity index (χ3n) is 4.04. The van der Waals surface area contributed by atoms with Gasteiger partial charge >= 0.3 is 0 Å². The highest BCUT2D eigenvalue weighted by molar-refractivity contribution is 5.84. The Morgan fingerprint density at radius 1 is 1.20 bits per heavy atom. The Bertz CT molecular complexity index is 748. The molecule has 3 rings (SSSR count). The molecule has 1 aliphatic heterocycles. The molecule has 6 heteroatoms. The summed E-state index contributed by atoms with van der Waals surface area (Å²) < 4.78 is 15.9. The first-order chi connectivity index (χ1) is 12.2. The monoisotopic (exact) mass is 342 g/mol. The number of rotatable bonds is 7. The van der Waals surface area contributed by atoms with Crippen LogP contribution in [-0.4, -0.2) is 25.9 Å². The molecule has 1 atom stereocenters. The fraction of sp³-hybridized carbons (Fsp3) is 0.316. The molecular formula is C19H22N2O4. The second kappa shape index (κ2) is 7.79. The zero-order valence-electron chi connectivity index (χ0n) is 14.4. The van der Waals surface area contributed by atoms with Gasteiger partial charge in [-0.1, -0.05) is 19.1 Å². The van der Waals surface area contributed by atoms with E-state index in [4.69, 9.17) is 14.2 Å². The molecule has 6 nitrogen and oxygen atoms in total. The molecule has 0 saturated carbocycles. The fourth-order valence-corrected chi connectivity index (χ4v) is 2.63. The lowest BCUT2D eigenvalue weighted by Gasteiger charge is -2.18. The second-order valence-electron chi connectivity index (χ2n) is 5.74. The molecule has 0 radical (unpaired) electrons. The molecule has 1 heterocycles. The van der Waals surface area contributed by atoms with Crippen molar-refractivity contribution in [3.05, 3.63) is 48.0 Å². The fourth-order valence-electron chi connectivity index (χ4n) is 2.63. The van der Waals surface area contributed by atoms with E-state index in [1.54, 1.807) is 7.11 Å². The Morgan fingerprint density at radius 2 is 2.04 bits per heavy atom. The molecule has 1 aliphatic rings. The number of ether oxygens (including phenoxy) is 3. The number of hydrogen-bond acceptors (Lipinski definition) is 5. The third-order valence-corrected chi connectivity index (χ3v) is 4.04. The van der Waals surface area contributed by atoms with E-state index < -0.39 is 0 Å². The van der Waals surface area contributed by atoms with Crippen molar-refractivity contribution in [2.75, 3.05) is 19.2 Å². The van der Waals surface area contributed by atoms with E-state index in [9.17, 15) is 4.79 Å². The molecule has 2 N–H and O–H groups in total. The number of nitrogens with one attached hydrogen (secondary N) is 2. The van der Waals surface area contributed by atoms with E-state index >= 15 is 0 Å². The molecule has 0 saturated heterocycles. The molecule has 0 fully saturated rings. The topological polar surface area (TPSA) is 68.8 Å². The molecule has 0 aromatic heterocycles. The second-order valence-corrected chi connectivity index (χ2v) is 5.74. The Morgan fingerprint density at radius 3 is 2.84 bits per heavy atom. The molecule has 2 aromatic carbocycles. The Hall–Kier alpha value is -2.89. The summed E-state index contributed by atoms with van der Waals surface area (Å²) in [6.07, 6.45) is 0.671. The molecule has 1 amide bonds. The Kier molecular flexibility index (Phi) is 5.28. The van der Waals surface area contributed by atoms with Crippen molar-refractivity contribution in [3.63, 3.8) is 0 Å². The first kappa shape index (κ1) is 17.0. The number of methoxy groups -OCH3 is 1. The highest BCUT2D eigenvalue weighted by Crippen LogP contribution is 2.32. The van der Waals surface area contributed by atoms with Gasteiger partial charge < -0.3 is 24.8 Å². The van der Waals surface area contributed by atoms with Crippen LogP contribution in [-0.2, 0) is 11.3 Å². The van der Waals surface area contributed by atoms with Crippen molar-refractivity contribution in [2.45, 2.75) is 25.9 Å². The van der Waals surface area contributed by atoms with Gasteiger partial charge in [0.2, 0.25) is 12.7 Å². The maximum atomic E-state index is 12.5. The van der Waals surface area contributed by atoms with E-state index in [1.807, 2.05) is 49.4 Å². The summed E-state index contributed by atoms with van der Waals surface area (Å²) >= 11 is 0. The van der Waals surface area contributed by atoms with E-state index in [1.165, 1.54) is 0 Å². The van der Waals surface area contributed by atoms with Crippen LogP contribution < -0.4 is 24.8 Å². The van der Waals surface area contributed by atoms with Gasteiger partial charge in [0.05, 0.1) is 7.11 Å². The van der Waals surface area contributed by atoms with E-state index in [0.717, 1.165) is 22.7 Å². The number of fused-ring (bicyclic) bond motifs is 1. The van der Waals surface area contributed by atoms with Crippen molar-refractivity contribution in [2.24, 2.45) is 0 Å². The maximum Gasteiger partial charge on any atom is 0.242 e. The van der Waals surface area contributed by atoms with Gasteiger partial charge in [-0.25, -0.2) is 0 Å². The largest absolute Gasteiger partial charge is 0.497 e. The minimum atomic E-state index is -0.318. The normalized spacial score (nSPS) is 13.2. The first-order valence-electron chi connectivity index (χ1n) is 8.26. The third kappa shape index (κ3) is 4.15. The van der Waals surface area contributed by atoms with Crippen LogP contribution in [0.15, 0.2) is 42.5 Å². The molecule has 0 aliphatic carbocycles. The predicted octanol–water partition coefficient (Wildman–Crippen LogP) is 2.93. The minimum absolute atomic E-state index is 0.0528. The van der Waals surface area contributed by atoms with Gasteiger partial charge in [0, 0.05) is 18.3 Å². The standard InChI is InChI=1S/C19H22N2O4/c1-3-16(21-14-5-4-6-15(10-14)23-2)19(22)20-11-13-7-8-17-18(9-13)25-12-24-17/h4-10,16,21H,3,11-12H2,1-2H3,(H,20,22)/t16-/m1/s1. The summed E-state index contributed by atoms with van der Waals surface area (Å²) in [7, 11) is 1.62. The van der Waals surface area contributed by atoms with Gasteiger partial charge in [0.25, 0.3) is 0 Å². The molecule has 132 valence electrons. The summed E-state index contributed by atoms with van der Waals surface area (Å²) in [5.74, 6) is 2.15. The van der Waals surface area contributed by atoms with Crippen LogP contribution in [0.1, 0.15) is 18.9 Å². The number of carbonyl (C=O) groups excluding carboxylic acids is 1. The summed E-state index contributed by atoms with van der Waals surface area (Å²) in [6.45, 7) is 2.65. The number of anilines is 1. The summed E-state index contributed by atoms with van der Waals surface area (Å²) in [5, 5.41) is 6.21. The van der Waals surface area contributed by atoms with Gasteiger partial charge in [-0.15, -0.1) is 0 Å². The molecule has 0 spiro atoms. The Labute approximate surface area is 147 Å². The summed E-state index contributed by atoms with van der Waals surface area (Å²) in [4.78, 5) is 12.5. The lowest BCUT2D eigenvalue weighted by Crippen LogP contribution is -2.38. The van der Waals surface area contributed by atoms with Crippen LogP contribution in [0.2, 0.25) is 0 Å². The van der Waals surface area contributed by atoms with Crippen LogP contribution in [0.4, 0.5) is 5.69 Å². The van der Waals surface area contributed by atoms with Crippen LogP contribution in [0.3, 0.4) is 0 Å². The van der Waals surface area contributed by atoms with Crippen molar-refractivity contribution in [1.29, 1.82) is 0 Å². The van der Waals surface area contributed by atoms with Gasteiger partial charge in [-0.05, 0) is 36.2 Å². The van der Waals surface area contributed by atoms with Crippen LogP contribution in [0, 0.1) is 0 Å². The lowest BCUT2D eigenvalue weighted by atomic mass is 10.1. The highest BCUT2D eigenvalue weighted by atomic mass is 16.7. The molecule has 0 unspecified atom stereocenters. The first-order valence-corrected chi connectivity index (χ1v) is 8.26. The average Bonchev–Trinajstić information content (AvgIpc) is 3.12. The van der Waals surface area contributed by atoms with Crippen molar-refractivity contribution < 1.29 is 19.0 Å². The van der Waals surface area contributed by atoms with Gasteiger partial charge in [-0.3, -0.25) is 4.79 Å². The zero-order chi connectivity index (χ0) is 17.6. The summed E-state index contributed by atoms with van der Waals surface area (Å²) in [5.41, 5.74) is 1.82. The number of benzene rings is 2. The molecule has 2 aromatic rings. The van der Waals surface area contributed by atoms with Crippen LogP contribution in [0.25, 0.3) is 0 Å². The van der Waals surface area contributed by atoms with Gasteiger partial charge in [0.15, 0.2) is 11.5 Å². The van der Waals surface area contributed by atoms with Crippen molar-refractivity contribution in [1.82, 2.24) is 5.32 Å². The number of hydrogen-bond donors (Lipinski definition) is 2. The highest BCUT2D eigenvalue weighted by Gasteiger charge is 2.17. The Balaban J connectivity index is 1.58. The molecular weight excluding hydrogens is 320 g/mol. The van der Waals surface area contributed by atoms with Crippen LogP contribution in [0.5, 0.6) is 17.2 Å². The maximum absolute atomic E-state index is 12.5. The SMILES string of the molecule is CC[C@@H](Nc1cccc(OC)c1)C(=O)NCc1ccc2c(c1)OCO2. The van der Waals surface area contributed by atoms with Crippen molar-refractivity contribution in [3.8, 4) is 17.2 Å². The minimum Gasteiger partial charge on any atom is -0.497 e. The molecule has 0 bridgehead atoms. The number of carbonyl (C=O) groups is 1. The van der Waals surface area contributed by atoms with E-state index in [-0.39, 0.29) is 18.7 Å². The number of amides is 1. The predicted molar refractivity (Wildman–Crippen MR) is 95.1 cm³/mol. The van der Waals surface area contributed by atoms with E-state index in [0.29, 0.717) is 18.7 Å². The average molecular weight is 342 g/mol. The van der Waals surface area contributed by atoms with Crippen LogP contribution >= 0.6 is 0 Å². The van der Waals surface area contributed by atoms with Gasteiger partial charge in [0.1, 0.15) is 11.8 Å². The van der Waals surface area contributed by atoms with E-state index in [2.05, 4.69) is 10.6 Å². The lowest BCUT2D eigenvalue weighted by molar-refractivity contribution is -0.122. The zero-order valence-corrected chi connectivity index (χ0v) is 14.4. The smallest absolute Gasteiger partial charge is 0.242 e. The summed E-state index contributed by atoms with van der Waals surface area (Å²) in [6, 6.07) is 12.9. The quantitative estimate of drug-likeness (QED) is 0.810. The van der Waals surface area contributed by atoms with Gasteiger partial charge in [-0.2, -0.15) is 0 Å². The molecule has 25 heavy (non-hydrogen) atoms. The van der Waals surface area contributed by atoms with Crippen molar-refractivity contribution >= 4 is 11.6 Å².